The van der Waals surface area contributed by atoms with Crippen LogP contribution in [0.25, 0.3) is 21.5 Å². The minimum Gasteiger partial charge on any atom is -0.506 e. The zero-order valence-electron chi connectivity index (χ0n) is 28.3. The topological polar surface area (TPSA) is 132 Å². The maximum absolute atomic E-state index is 13.8. The van der Waals surface area contributed by atoms with Crippen LogP contribution >= 0.6 is 11.6 Å². The standard InChI is InChI=1S/C39H39ClN2O8/c1-5-16-47-32-20-26-13-8-6-11-24(26)18-29(32)36(44)42-35-31(43)22-28(40)23-34(35)49-37(45)30-19-25-12-7-9-14-27(25)21-33(30)48-17-10-15-41-38(46)50-39(2,3)4/h6-9,11-14,18-23,43H,5,10,15-17H2,1-4H3,(H,41,46)(H,42,44). The molecule has 0 aromatic heterocycles. The normalized spacial score (nSPS) is 11.2. The van der Waals surface area contributed by atoms with Crippen molar-refractivity contribution in [2.24, 2.45) is 0 Å². The van der Waals surface area contributed by atoms with Crippen LogP contribution in [0.1, 0.15) is 61.3 Å². The fraction of sp³-hybridized carbons (Fsp3) is 0.256. The Morgan fingerprint density at radius 3 is 1.92 bits per heavy atom. The van der Waals surface area contributed by atoms with Gasteiger partial charge >= 0.3 is 12.1 Å². The monoisotopic (exact) mass is 698 g/mol. The number of alkyl carbamates (subject to hydrolysis) is 1. The van der Waals surface area contributed by atoms with E-state index in [9.17, 15) is 19.5 Å². The number of aromatic hydroxyl groups is 1. The van der Waals surface area contributed by atoms with E-state index in [1.54, 1.807) is 45.0 Å². The predicted molar refractivity (Wildman–Crippen MR) is 194 cm³/mol. The van der Waals surface area contributed by atoms with E-state index in [-0.39, 0.29) is 46.5 Å². The summed E-state index contributed by atoms with van der Waals surface area (Å²) in [6, 6.07) is 24.4. The summed E-state index contributed by atoms with van der Waals surface area (Å²) in [6.07, 6.45) is 0.623. The summed E-state index contributed by atoms with van der Waals surface area (Å²) < 4.78 is 23.0. The van der Waals surface area contributed by atoms with Gasteiger partial charge in [0, 0.05) is 23.7 Å². The summed E-state index contributed by atoms with van der Waals surface area (Å²) in [5, 5.41) is 19.7. The highest BCUT2D eigenvalue weighted by Gasteiger charge is 2.23. The molecule has 10 nitrogen and oxygen atoms in total. The van der Waals surface area contributed by atoms with Crippen molar-refractivity contribution in [3.63, 3.8) is 0 Å². The lowest BCUT2D eigenvalue weighted by atomic mass is 10.0. The van der Waals surface area contributed by atoms with Gasteiger partial charge in [0.25, 0.3) is 5.91 Å². The Hall–Kier alpha value is -5.48. The first-order chi connectivity index (χ1) is 23.9. The number of esters is 1. The summed E-state index contributed by atoms with van der Waals surface area (Å²) in [5.41, 5.74) is -0.439. The number of amides is 2. The van der Waals surface area contributed by atoms with E-state index >= 15 is 0 Å². The van der Waals surface area contributed by atoms with E-state index in [1.165, 1.54) is 12.1 Å². The average Bonchev–Trinajstić information content (AvgIpc) is 3.07. The Kier molecular flexibility index (Phi) is 11.3. The molecule has 0 radical (unpaired) electrons. The Labute approximate surface area is 295 Å². The van der Waals surface area contributed by atoms with Crippen molar-refractivity contribution >= 4 is 56.8 Å². The number of carbonyl (C=O) groups excluding carboxylic acids is 3. The predicted octanol–water partition coefficient (Wildman–Crippen LogP) is 8.91. The highest BCUT2D eigenvalue weighted by Crippen LogP contribution is 2.39. The molecule has 0 saturated heterocycles. The molecule has 0 aliphatic carbocycles. The van der Waals surface area contributed by atoms with Gasteiger partial charge in [0.15, 0.2) is 5.75 Å². The number of fused-ring (bicyclic) bond motifs is 2. The van der Waals surface area contributed by atoms with E-state index in [0.717, 1.165) is 28.0 Å². The maximum atomic E-state index is 13.8. The Bertz CT molecular complexity index is 2040. The van der Waals surface area contributed by atoms with Gasteiger partial charge in [0.2, 0.25) is 0 Å². The molecule has 0 atom stereocenters. The summed E-state index contributed by atoms with van der Waals surface area (Å²) >= 11 is 6.27. The van der Waals surface area contributed by atoms with E-state index in [4.69, 9.17) is 30.5 Å². The molecule has 0 aliphatic heterocycles. The first-order valence-electron chi connectivity index (χ1n) is 16.3. The van der Waals surface area contributed by atoms with Gasteiger partial charge in [-0.15, -0.1) is 0 Å². The van der Waals surface area contributed by atoms with E-state index < -0.39 is 29.3 Å². The van der Waals surface area contributed by atoms with Crippen LogP contribution in [0.3, 0.4) is 0 Å². The molecule has 0 bridgehead atoms. The van der Waals surface area contributed by atoms with Crippen molar-refractivity contribution < 1.29 is 38.4 Å². The zero-order valence-corrected chi connectivity index (χ0v) is 29.1. The number of hydrogen-bond donors (Lipinski definition) is 3. The number of nitrogens with one attached hydrogen (secondary N) is 2. The fourth-order valence-electron chi connectivity index (χ4n) is 5.10. The third-order valence-electron chi connectivity index (χ3n) is 7.36. The van der Waals surface area contributed by atoms with Gasteiger partial charge in [-0.2, -0.15) is 0 Å². The molecule has 0 saturated carbocycles. The number of hydrogen-bond acceptors (Lipinski definition) is 8. The average molecular weight is 699 g/mol. The molecule has 0 heterocycles. The number of benzene rings is 5. The van der Waals surface area contributed by atoms with Gasteiger partial charge in [0.1, 0.15) is 34.1 Å². The number of phenols is 1. The lowest BCUT2D eigenvalue weighted by molar-refractivity contribution is 0.0525. The molecule has 5 aromatic carbocycles. The molecule has 0 fully saturated rings. The van der Waals surface area contributed by atoms with Gasteiger partial charge in [-0.25, -0.2) is 9.59 Å². The van der Waals surface area contributed by atoms with Gasteiger partial charge < -0.3 is 34.7 Å². The molecule has 0 unspecified atom stereocenters. The summed E-state index contributed by atoms with van der Waals surface area (Å²) in [5.74, 6) is -1.37. The summed E-state index contributed by atoms with van der Waals surface area (Å²) in [7, 11) is 0. The van der Waals surface area contributed by atoms with Crippen LogP contribution in [0.5, 0.6) is 23.0 Å². The Morgan fingerprint density at radius 2 is 1.32 bits per heavy atom. The smallest absolute Gasteiger partial charge is 0.407 e. The number of anilines is 1. The van der Waals surface area contributed by atoms with Crippen LogP contribution in [-0.4, -0.2) is 48.4 Å². The first-order valence-corrected chi connectivity index (χ1v) is 16.6. The minimum absolute atomic E-state index is 0.0773. The number of phenolic OH excluding ortho intramolecular Hbond substituents is 1. The molecule has 0 spiro atoms. The van der Waals surface area contributed by atoms with Gasteiger partial charge in [-0.3, -0.25) is 4.79 Å². The molecular weight excluding hydrogens is 660 g/mol. The van der Waals surface area contributed by atoms with Crippen molar-refractivity contribution in [1.82, 2.24) is 5.32 Å². The van der Waals surface area contributed by atoms with Gasteiger partial charge in [0.05, 0.1) is 18.8 Å². The van der Waals surface area contributed by atoms with Gasteiger partial charge in [-0.1, -0.05) is 67.1 Å². The molecule has 5 rings (SSSR count). The molecule has 260 valence electrons. The highest BCUT2D eigenvalue weighted by atomic mass is 35.5. The van der Waals surface area contributed by atoms with Crippen LogP contribution in [0.4, 0.5) is 10.5 Å². The lowest BCUT2D eigenvalue weighted by Crippen LogP contribution is -2.33. The molecule has 5 aromatic rings. The molecule has 11 heteroatoms. The first kappa shape index (κ1) is 35.8. The fourth-order valence-corrected chi connectivity index (χ4v) is 5.30. The summed E-state index contributed by atoms with van der Waals surface area (Å²) in [6.45, 7) is 8.15. The van der Waals surface area contributed by atoms with Crippen molar-refractivity contribution in [3.05, 3.63) is 101 Å². The van der Waals surface area contributed by atoms with Crippen LogP contribution in [0, 0.1) is 0 Å². The zero-order chi connectivity index (χ0) is 35.8. The molecule has 3 N–H and O–H groups in total. The molecule has 0 aliphatic rings. The van der Waals surface area contributed by atoms with Crippen molar-refractivity contribution in [1.29, 1.82) is 0 Å². The van der Waals surface area contributed by atoms with E-state index in [0.29, 0.717) is 18.8 Å². The van der Waals surface area contributed by atoms with Crippen LogP contribution in [0.15, 0.2) is 84.9 Å². The summed E-state index contributed by atoms with van der Waals surface area (Å²) in [4.78, 5) is 39.5. The molecule has 50 heavy (non-hydrogen) atoms. The third kappa shape index (κ3) is 9.15. The van der Waals surface area contributed by atoms with Crippen LogP contribution < -0.4 is 24.8 Å². The second-order valence-corrected chi connectivity index (χ2v) is 12.9. The Balaban J connectivity index is 1.39. The minimum atomic E-state index is -0.813. The SMILES string of the molecule is CCCOc1cc2ccccc2cc1C(=O)Nc1c(O)cc(Cl)cc1OC(=O)c1cc2ccccc2cc1OCCCNC(=O)OC(C)(C)C. The third-order valence-corrected chi connectivity index (χ3v) is 7.57. The number of carbonyl (C=O) groups is 3. The van der Waals surface area contributed by atoms with Crippen molar-refractivity contribution in [2.75, 3.05) is 25.1 Å². The van der Waals surface area contributed by atoms with Crippen molar-refractivity contribution in [3.8, 4) is 23.0 Å². The molecule has 2 amide bonds. The molecular formula is C39H39ClN2O8. The highest BCUT2D eigenvalue weighted by molar-refractivity contribution is 6.31. The maximum Gasteiger partial charge on any atom is 0.407 e. The Morgan fingerprint density at radius 1 is 0.760 bits per heavy atom. The second-order valence-electron chi connectivity index (χ2n) is 12.5. The van der Waals surface area contributed by atoms with E-state index in [2.05, 4.69) is 10.6 Å². The lowest BCUT2D eigenvalue weighted by Gasteiger charge is -2.19. The number of rotatable bonds is 12. The van der Waals surface area contributed by atoms with Crippen LogP contribution in [0.2, 0.25) is 5.02 Å². The van der Waals surface area contributed by atoms with Crippen LogP contribution in [-0.2, 0) is 4.74 Å². The quantitative estimate of drug-likeness (QED) is 0.0509. The largest absolute Gasteiger partial charge is 0.506 e. The van der Waals surface area contributed by atoms with Crippen molar-refractivity contribution in [2.45, 2.75) is 46.1 Å². The van der Waals surface area contributed by atoms with Gasteiger partial charge in [-0.05, 0) is 79.4 Å². The van der Waals surface area contributed by atoms with E-state index in [1.807, 2.05) is 55.5 Å². The second kappa shape index (κ2) is 15.8. The number of ether oxygens (including phenoxy) is 4. The number of halogens is 1.